The van der Waals surface area contributed by atoms with Gasteiger partial charge in [0, 0.05) is 6.54 Å². The molecule has 2 rings (SSSR count). The van der Waals surface area contributed by atoms with Crippen LogP contribution in [0.4, 0.5) is 15.2 Å². The molecule has 1 aromatic heterocycles. The van der Waals surface area contributed by atoms with Gasteiger partial charge in [-0.05, 0) is 18.6 Å². The number of nitrogens with zero attached hydrogens (tertiary/aromatic N) is 3. The molecule has 2 aromatic rings. The van der Waals surface area contributed by atoms with Crippen LogP contribution < -0.4 is 10.6 Å². The molecule has 108 valence electrons. The minimum absolute atomic E-state index is 0.112. The molecule has 0 aliphatic rings. The maximum Gasteiger partial charge on any atom is 0.286 e. The molecule has 0 aliphatic heterocycles. The zero-order valence-electron chi connectivity index (χ0n) is 11.2. The smallest absolute Gasteiger partial charge is 0.286 e. The molecule has 1 heterocycles. The van der Waals surface area contributed by atoms with Gasteiger partial charge in [0.05, 0.1) is 5.69 Å². The van der Waals surface area contributed by atoms with Crippen molar-refractivity contribution in [2.45, 2.75) is 13.3 Å². The van der Waals surface area contributed by atoms with E-state index in [2.05, 4.69) is 20.8 Å². The molecule has 21 heavy (non-hydrogen) atoms. The summed E-state index contributed by atoms with van der Waals surface area (Å²) >= 11 is 1.10. The Morgan fingerprint density at radius 1 is 1.48 bits per heavy atom. The number of anilines is 2. The molecule has 0 aliphatic carbocycles. The number of carbonyl (C=O) groups is 1. The van der Waals surface area contributed by atoms with Gasteiger partial charge in [-0.15, -0.1) is 10.2 Å². The second-order valence-electron chi connectivity index (χ2n) is 4.07. The van der Waals surface area contributed by atoms with Gasteiger partial charge >= 0.3 is 0 Å². The average molecular weight is 305 g/mol. The number of rotatable bonds is 5. The van der Waals surface area contributed by atoms with Gasteiger partial charge in [-0.2, -0.15) is 5.26 Å². The lowest BCUT2D eigenvalue weighted by molar-refractivity contribution is 0.102. The van der Waals surface area contributed by atoms with Gasteiger partial charge < -0.3 is 10.6 Å². The number of hydrogen-bond acceptors (Lipinski definition) is 6. The summed E-state index contributed by atoms with van der Waals surface area (Å²) in [7, 11) is 0. The first-order valence-electron chi connectivity index (χ1n) is 6.23. The Hall–Kier alpha value is -2.53. The molecule has 0 saturated carbocycles. The van der Waals surface area contributed by atoms with Gasteiger partial charge in [-0.3, -0.25) is 4.79 Å². The van der Waals surface area contributed by atoms with Crippen LogP contribution in [0.5, 0.6) is 0 Å². The van der Waals surface area contributed by atoms with E-state index in [9.17, 15) is 9.18 Å². The highest BCUT2D eigenvalue weighted by Crippen LogP contribution is 2.20. The first-order chi connectivity index (χ1) is 10.2. The molecule has 2 N–H and O–H groups in total. The quantitative estimate of drug-likeness (QED) is 0.886. The number of nitriles is 1. The lowest BCUT2D eigenvalue weighted by atomic mass is 10.2. The first-order valence-corrected chi connectivity index (χ1v) is 7.04. The Bertz CT molecular complexity index is 694. The monoisotopic (exact) mass is 305 g/mol. The molecule has 6 nitrogen and oxygen atoms in total. The van der Waals surface area contributed by atoms with Crippen molar-refractivity contribution in [3.63, 3.8) is 0 Å². The van der Waals surface area contributed by atoms with Crippen LogP contribution in [-0.4, -0.2) is 22.6 Å². The average Bonchev–Trinajstić information content (AvgIpc) is 2.94. The van der Waals surface area contributed by atoms with E-state index < -0.39 is 11.7 Å². The van der Waals surface area contributed by atoms with E-state index in [0.29, 0.717) is 5.13 Å². The van der Waals surface area contributed by atoms with E-state index in [0.717, 1.165) is 30.4 Å². The van der Waals surface area contributed by atoms with E-state index >= 15 is 0 Å². The summed E-state index contributed by atoms with van der Waals surface area (Å²) in [6.07, 6.45) is 0.927. The van der Waals surface area contributed by atoms with Crippen LogP contribution >= 0.6 is 11.3 Å². The van der Waals surface area contributed by atoms with Gasteiger partial charge in [-0.25, -0.2) is 4.39 Å². The number of halogens is 1. The number of carbonyl (C=O) groups excluding carboxylic acids is 1. The zero-order chi connectivity index (χ0) is 15.2. The first kappa shape index (κ1) is 14.9. The molecule has 8 heteroatoms. The molecule has 0 radical (unpaired) electrons. The van der Waals surface area contributed by atoms with E-state index in [-0.39, 0.29) is 16.3 Å². The topological polar surface area (TPSA) is 90.7 Å². The van der Waals surface area contributed by atoms with Crippen molar-refractivity contribution in [3.8, 4) is 6.07 Å². The van der Waals surface area contributed by atoms with Crippen LogP contribution in [0.3, 0.4) is 0 Å². The van der Waals surface area contributed by atoms with Crippen molar-refractivity contribution in [1.29, 1.82) is 5.26 Å². The minimum atomic E-state index is -0.683. The third kappa shape index (κ3) is 3.52. The molecule has 0 bridgehead atoms. The standard InChI is InChI=1S/C13H12FN5OS/c1-2-6-16-13-19-18-12(21-13)11(20)17-10-5-3-4-9(14)8(10)7-15/h3-5H,2,6H2,1H3,(H,16,19)(H,17,20). The Kier molecular flexibility index (Phi) is 4.79. The maximum atomic E-state index is 13.4. The highest BCUT2D eigenvalue weighted by atomic mass is 32.1. The predicted molar refractivity (Wildman–Crippen MR) is 77.8 cm³/mol. The zero-order valence-corrected chi connectivity index (χ0v) is 12.0. The van der Waals surface area contributed by atoms with Gasteiger partial charge in [-0.1, -0.05) is 24.3 Å². The second-order valence-corrected chi connectivity index (χ2v) is 5.04. The molecule has 1 aromatic carbocycles. The van der Waals surface area contributed by atoms with E-state index in [1.54, 1.807) is 6.07 Å². The Labute approximate surface area is 124 Å². The molecule has 0 spiro atoms. The lowest BCUT2D eigenvalue weighted by Gasteiger charge is -2.05. The molecular formula is C13H12FN5OS. The van der Waals surface area contributed by atoms with Crippen molar-refractivity contribution in [3.05, 3.63) is 34.6 Å². The number of benzene rings is 1. The highest BCUT2D eigenvalue weighted by molar-refractivity contribution is 7.17. The summed E-state index contributed by atoms with van der Waals surface area (Å²) in [5, 5.41) is 22.7. The summed E-state index contributed by atoms with van der Waals surface area (Å²) in [5.74, 6) is -1.21. The molecule has 0 fully saturated rings. The minimum Gasteiger partial charge on any atom is -0.360 e. The fourth-order valence-corrected chi connectivity index (χ4v) is 2.20. The van der Waals surface area contributed by atoms with Crippen LogP contribution in [0.25, 0.3) is 0 Å². The third-order valence-electron chi connectivity index (χ3n) is 2.52. The van der Waals surface area contributed by atoms with Crippen LogP contribution in [0.15, 0.2) is 18.2 Å². The third-order valence-corrected chi connectivity index (χ3v) is 3.40. The van der Waals surface area contributed by atoms with Gasteiger partial charge in [0.1, 0.15) is 17.4 Å². The van der Waals surface area contributed by atoms with Gasteiger partial charge in [0.15, 0.2) is 0 Å². The van der Waals surface area contributed by atoms with E-state index in [1.165, 1.54) is 12.1 Å². The number of nitrogens with one attached hydrogen (secondary N) is 2. The summed E-state index contributed by atoms with van der Waals surface area (Å²) < 4.78 is 13.4. The van der Waals surface area contributed by atoms with Crippen LogP contribution in [0, 0.1) is 17.1 Å². The molecule has 0 saturated heterocycles. The lowest BCUT2D eigenvalue weighted by Crippen LogP contribution is -2.13. The summed E-state index contributed by atoms with van der Waals surface area (Å²) in [5.41, 5.74) is -0.0968. The van der Waals surface area contributed by atoms with Crippen LogP contribution in [-0.2, 0) is 0 Å². The summed E-state index contributed by atoms with van der Waals surface area (Å²) in [6.45, 7) is 2.74. The van der Waals surface area contributed by atoms with Crippen molar-refractivity contribution in [1.82, 2.24) is 10.2 Å². The summed E-state index contributed by atoms with van der Waals surface area (Å²) in [4.78, 5) is 12.0. The Morgan fingerprint density at radius 2 is 2.29 bits per heavy atom. The van der Waals surface area contributed by atoms with Crippen molar-refractivity contribution in [2.75, 3.05) is 17.2 Å². The largest absolute Gasteiger partial charge is 0.360 e. The van der Waals surface area contributed by atoms with Crippen molar-refractivity contribution in [2.24, 2.45) is 0 Å². The maximum absolute atomic E-state index is 13.4. The number of aromatic nitrogens is 2. The Morgan fingerprint density at radius 3 is 3.00 bits per heavy atom. The SMILES string of the molecule is CCCNc1nnc(C(=O)Nc2cccc(F)c2C#N)s1. The van der Waals surface area contributed by atoms with Gasteiger partial charge in [0.25, 0.3) is 5.91 Å². The fourth-order valence-electron chi connectivity index (χ4n) is 1.54. The predicted octanol–water partition coefficient (Wildman–Crippen LogP) is 2.62. The molecular weight excluding hydrogens is 293 g/mol. The van der Waals surface area contributed by atoms with Crippen LogP contribution in [0.2, 0.25) is 0 Å². The van der Waals surface area contributed by atoms with E-state index in [1.807, 2.05) is 6.92 Å². The molecule has 1 amide bonds. The Balaban J connectivity index is 2.13. The van der Waals surface area contributed by atoms with E-state index in [4.69, 9.17) is 5.26 Å². The highest BCUT2D eigenvalue weighted by Gasteiger charge is 2.16. The van der Waals surface area contributed by atoms with Crippen molar-refractivity contribution >= 4 is 28.1 Å². The van der Waals surface area contributed by atoms with Crippen molar-refractivity contribution < 1.29 is 9.18 Å². The molecule has 0 atom stereocenters. The summed E-state index contributed by atoms with van der Waals surface area (Å²) in [6, 6.07) is 5.75. The second kappa shape index (κ2) is 6.76. The number of amides is 1. The fraction of sp³-hybridized carbons (Fsp3) is 0.231. The number of hydrogen-bond donors (Lipinski definition) is 2. The molecule has 0 unspecified atom stereocenters. The van der Waals surface area contributed by atoms with Crippen LogP contribution in [0.1, 0.15) is 28.7 Å². The normalized spacial score (nSPS) is 9.95. The van der Waals surface area contributed by atoms with Gasteiger partial charge in [0.2, 0.25) is 10.1 Å².